The molecule has 4 heteroatoms. The maximum atomic E-state index is 12.5. The van der Waals surface area contributed by atoms with E-state index in [0.717, 1.165) is 35.0 Å². The summed E-state index contributed by atoms with van der Waals surface area (Å²) in [6.07, 6.45) is 4.50. The predicted molar refractivity (Wildman–Crippen MR) is 102 cm³/mol. The number of hydrogen-bond donors (Lipinski definition) is 0. The first kappa shape index (κ1) is 16.5. The first-order chi connectivity index (χ1) is 11.8. The van der Waals surface area contributed by atoms with E-state index in [1.807, 2.05) is 54.6 Å². The molecule has 122 valence electrons. The van der Waals surface area contributed by atoms with E-state index in [1.165, 1.54) is 0 Å². The molecule has 1 aliphatic rings. The van der Waals surface area contributed by atoms with Crippen molar-refractivity contribution in [1.29, 1.82) is 0 Å². The largest absolute Gasteiger partial charge is 0.288 e. The Balaban J connectivity index is 1.69. The molecule has 1 heterocycles. The molecule has 2 aromatic carbocycles. The highest BCUT2D eigenvalue weighted by atomic mass is 32.2. The summed E-state index contributed by atoms with van der Waals surface area (Å²) in [6.45, 7) is 1.34. The van der Waals surface area contributed by atoms with Gasteiger partial charge in [-0.2, -0.15) is 0 Å². The molecule has 2 aromatic rings. The molecule has 1 fully saturated rings. The number of hydrogen-bond acceptors (Lipinski definition) is 3. The van der Waals surface area contributed by atoms with Gasteiger partial charge >= 0.3 is 0 Å². The van der Waals surface area contributed by atoms with Gasteiger partial charge in [0, 0.05) is 18.4 Å². The zero-order valence-electron chi connectivity index (χ0n) is 13.5. The number of thioether (sulfide) groups is 1. The highest BCUT2D eigenvalue weighted by Crippen LogP contribution is 2.19. The summed E-state index contributed by atoms with van der Waals surface area (Å²) in [4.78, 5) is 19.0. The van der Waals surface area contributed by atoms with Gasteiger partial charge in [-0.05, 0) is 23.6 Å². The zero-order valence-corrected chi connectivity index (χ0v) is 14.3. The minimum absolute atomic E-state index is 0.00198. The Bertz CT molecular complexity index is 726. The summed E-state index contributed by atoms with van der Waals surface area (Å²) in [5.41, 5.74) is 2.18. The second kappa shape index (κ2) is 8.50. The first-order valence-electron chi connectivity index (χ1n) is 8.09. The normalized spacial score (nSPS) is 16.7. The van der Waals surface area contributed by atoms with Crippen LogP contribution < -0.4 is 0 Å². The van der Waals surface area contributed by atoms with Crippen LogP contribution in [-0.4, -0.2) is 28.3 Å². The van der Waals surface area contributed by atoms with E-state index in [2.05, 4.69) is 17.1 Å². The summed E-state index contributed by atoms with van der Waals surface area (Å²) in [6, 6.07) is 20.0. The number of rotatable bonds is 4. The van der Waals surface area contributed by atoms with Gasteiger partial charge in [0.1, 0.15) is 0 Å². The van der Waals surface area contributed by atoms with Crippen LogP contribution in [0, 0.1) is 0 Å². The molecule has 0 atom stereocenters. The highest BCUT2D eigenvalue weighted by molar-refractivity contribution is 8.13. The van der Waals surface area contributed by atoms with Crippen molar-refractivity contribution in [3.63, 3.8) is 0 Å². The molecule has 0 bridgehead atoms. The third-order valence-electron chi connectivity index (χ3n) is 3.71. The SMILES string of the molecule is O=C(C=Cc1ccccc1)N1CCCSC1=NCc1ccccc1. The Labute approximate surface area is 147 Å². The van der Waals surface area contributed by atoms with Gasteiger partial charge in [0.25, 0.3) is 5.91 Å². The van der Waals surface area contributed by atoms with Crippen LogP contribution in [0.5, 0.6) is 0 Å². The van der Waals surface area contributed by atoms with Crippen molar-refractivity contribution in [2.24, 2.45) is 4.99 Å². The molecule has 0 spiro atoms. The number of nitrogens with zero attached hydrogens (tertiary/aromatic N) is 2. The van der Waals surface area contributed by atoms with E-state index in [0.29, 0.717) is 6.54 Å². The van der Waals surface area contributed by atoms with Crippen molar-refractivity contribution in [3.05, 3.63) is 77.9 Å². The van der Waals surface area contributed by atoms with Crippen LogP contribution in [0.25, 0.3) is 6.08 Å². The molecule has 0 radical (unpaired) electrons. The van der Waals surface area contributed by atoms with Crippen molar-refractivity contribution in [2.45, 2.75) is 13.0 Å². The monoisotopic (exact) mass is 336 g/mol. The fraction of sp³-hybridized carbons (Fsp3) is 0.200. The zero-order chi connectivity index (χ0) is 16.6. The first-order valence-corrected chi connectivity index (χ1v) is 9.07. The Morgan fingerprint density at radius 1 is 1.08 bits per heavy atom. The van der Waals surface area contributed by atoms with Crippen LogP contribution in [0.3, 0.4) is 0 Å². The maximum absolute atomic E-state index is 12.5. The van der Waals surface area contributed by atoms with Crippen LogP contribution in [-0.2, 0) is 11.3 Å². The Morgan fingerprint density at radius 2 is 1.79 bits per heavy atom. The molecule has 3 nitrogen and oxygen atoms in total. The predicted octanol–water partition coefficient (Wildman–Crippen LogP) is 4.22. The minimum Gasteiger partial charge on any atom is -0.288 e. The molecular formula is C20H20N2OS. The number of amides is 1. The summed E-state index contributed by atoms with van der Waals surface area (Å²) < 4.78 is 0. The molecule has 1 saturated heterocycles. The van der Waals surface area contributed by atoms with E-state index in [1.54, 1.807) is 22.7 Å². The third kappa shape index (κ3) is 4.59. The fourth-order valence-corrected chi connectivity index (χ4v) is 3.41. The Hall–Kier alpha value is -2.33. The van der Waals surface area contributed by atoms with Gasteiger partial charge in [0.05, 0.1) is 6.54 Å². The van der Waals surface area contributed by atoms with Crippen molar-refractivity contribution in [1.82, 2.24) is 4.90 Å². The molecule has 3 rings (SSSR count). The number of carbonyl (C=O) groups is 1. The summed E-state index contributed by atoms with van der Waals surface area (Å²) in [5, 5.41) is 0.827. The van der Waals surface area contributed by atoms with E-state index in [9.17, 15) is 4.79 Å². The summed E-state index contributed by atoms with van der Waals surface area (Å²) in [5.74, 6) is 1.01. The quantitative estimate of drug-likeness (QED) is 0.783. The lowest BCUT2D eigenvalue weighted by Crippen LogP contribution is -2.38. The van der Waals surface area contributed by atoms with Crippen molar-refractivity contribution >= 4 is 28.9 Å². The van der Waals surface area contributed by atoms with Crippen molar-refractivity contribution < 1.29 is 4.79 Å². The molecular weight excluding hydrogens is 316 g/mol. The molecule has 0 N–H and O–H groups in total. The van der Waals surface area contributed by atoms with Gasteiger partial charge in [0.15, 0.2) is 5.17 Å². The van der Waals surface area contributed by atoms with E-state index >= 15 is 0 Å². The van der Waals surface area contributed by atoms with Gasteiger partial charge in [-0.1, -0.05) is 72.4 Å². The second-order valence-corrected chi connectivity index (χ2v) is 6.58. The van der Waals surface area contributed by atoms with Crippen LogP contribution >= 0.6 is 11.8 Å². The van der Waals surface area contributed by atoms with E-state index in [-0.39, 0.29) is 5.91 Å². The molecule has 1 aliphatic heterocycles. The molecule has 0 saturated carbocycles. The highest BCUT2D eigenvalue weighted by Gasteiger charge is 2.21. The van der Waals surface area contributed by atoms with Gasteiger partial charge < -0.3 is 0 Å². The number of carbonyl (C=O) groups excluding carboxylic acids is 1. The topological polar surface area (TPSA) is 32.7 Å². The average molecular weight is 336 g/mol. The molecule has 0 aliphatic carbocycles. The smallest absolute Gasteiger partial charge is 0.252 e. The lowest BCUT2D eigenvalue weighted by Gasteiger charge is -2.26. The van der Waals surface area contributed by atoms with E-state index < -0.39 is 0 Å². The third-order valence-corrected chi connectivity index (χ3v) is 4.81. The Morgan fingerprint density at radius 3 is 2.54 bits per heavy atom. The molecule has 1 amide bonds. The number of aliphatic imine (C=N–C) groups is 1. The summed E-state index contributed by atoms with van der Waals surface area (Å²) >= 11 is 1.66. The van der Waals surface area contributed by atoms with Crippen LogP contribution in [0.1, 0.15) is 17.5 Å². The fourth-order valence-electron chi connectivity index (χ4n) is 2.46. The number of amidine groups is 1. The van der Waals surface area contributed by atoms with Gasteiger partial charge in [-0.3, -0.25) is 14.7 Å². The van der Waals surface area contributed by atoms with Crippen LogP contribution in [0.15, 0.2) is 71.7 Å². The van der Waals surface area contributed by atoms with Crippen LogP contribution in [0.2, 0.25) is 0 Å². The standard InChI is InChI=1S/C20H20N2OS/c23-19(13-12-17-8-3-1-4-9-17)22-14-7-15-24-20(22)21-16-18-10-5-2-6-11-18/h1-6,8-13H,7,14-16H2. The average Bonchev–Trinajstić information content (AvgIpc) is 2.66. The second-order valence-electron chi connectivity index (χ2n) is 5.52. The number of benzene rings is 2. The van der Waals surface area contributed by atoms with Gasteiger partial charge in [-0.15, -0.1) is 0 Å². The van der Waals surface area contributed by atoms with Crippen molar-refractivity contribution in [3.8, 4) is 0 Å². The van der Waals surface area contributed by atoms with Gasteiger partial charge in [-0.25, -0.2) is 0 Å². The molecule has 0 unspecified atom stereocenters. The van der Waals surface area contributed by atoms with Crippen LogP contribution in [0.4, 0.5) is 0 Å². The van der Waals surface area contributed by atoms with Gasteiger partial charge in [0.2, 0.25) is 0 Å². The van der Waals surface area contributed by atoms with E-state index in [4.69, 9.17) is 0 Å². The minimum atomic E-state index is -0.00198. The lowest BCUT2D eigenvalue weighted by atomic mass is 10.2. The molecule has 24 heavy (non-hydrogen) atoms. The summed E-state index contributed by atoms with van der Waals surface area (Å²) in [7, 11) is 0. The lowest BCUT2D eigenvalue weighted by molar-refractivity contribution is -0.122. The molecule has 0 aromatic heterocycles. The van der Waals surface area contributed by atoms with Crippen molar-refractivity contribution in [2.75, 3.05) is 12.3 Å². The maximum Gasteiger partial charge on any atom is 0.252 e. The Kier molecular flexibility index (Phi) is 5.85.